The Morgan fingerprint density at radius 1 is 1.47 bits per heavy atom. The van der Waals surface area contributed by atoms with Crippen molar-refractivity contribution < 1.29 is 5.11 Å². The average molecular weight is 297 g/mol. The Balaban J connectivity index is 2.25. The van der Waals surface area contributed by atoms with Gasteiger partial charge in [-0.25, -0.2) is 9.97 Å². The summed E-state index contributed by atoms with van der Waals surface area (Å²) >= 11 is 3.49. The molecule has 4 nitrogen and oxygen atoms in total. The van der Waals surface area contributed by atoms with Gasteiger partial charge in [0.15, 0.2) is 0 Å². The molecule has 2 N–H and O–H groups in total. The molecular formula is C13H19N3OS2. The van der Waals surface area contributed by atoms with Crippen LogP contribution in [0.25, 0.3) is 10.2 Å². The highest BCUT2D eigenvalue weighted by Crippen LogP contribution is 2.29. The number of aliphatic hydroxyl groups excluding tert-OH is 1. The molecule has 0 bridgehead atoms. The van der Waals surface area contributed by atoms with Crippen molar-refractivity contribution in [2.24, 2.45) is 0 Å². The lowest BCUT2D eigenvalue weighted by molar-refractivity contribution is 0.282. The maximum atomic E-state index is 9.12. The van der Waals surface area contributed by atoms with E-state index in [1.807, 2.05) is 0 Å². The van der Waals surface area contributed by atoms with E-state index in [0.717, 1.165) is 34.6 Å². The van der Waals surface area contributed by atoms with E-state index in [-0.39, 0.29) is 12.6 Å². The van der Waals surface area contributed by atoms with Crippen LogP contribution in [0.5, 0.6) is 0 Å². The zero-order chi connectivity index (χ0) is 13.7. The minimum atomic E-state index is 0.191. The van der Waals surface area contributed by atoms with Gasteiger partial charge in [0.2, 0.25) is 0 Å². The fourth-order valence-electron chi connectivity index (χ4n) is 1.94. The third kappa shape index (κ3) is 3.58. The molecular weight excluding hydrogens is 278 g/mol. The van der Waals surface area contributed by atoms with Crippen LogP contribution in [0.4, 0.5) is 5.82 Å². The summed E-state index contributed by atoms with van der Waals surface area (Å²) in [5.74, 6) is 1.84. The monoisotopic (exact) mass is 297 g/mol. The number of hydrogen-bond donors (Lipinski definition) is 2. The largest absolute Gasteiger partial charge is 0.396 e. The van der Waals surface area contributed by atoms with Gasteiger partial charge in [-0.05, 0) is 25.2 Å². The third-order valence-corrected chi connectivity index (χ3v) is 4.84. The lowest BCUT2D eigenvalue weighted by Crippen LogP contribution is -2.24. The van der Waals surface area contributed by atoms with Crippen molar-refractivity contribution in [3.05, 3.63) is 17.3 Å². The van der Waals surface area contributed by atoms with E-state index >= 15 is 0 Å². The zero-order valence-electron chi connectivity index (χ0n) is 11.2. The van der Waals surface area contributed by atoms with Crippen molar-refractivity contribution in [3.8, 4) is 0 Å². The molecule has 0 spiro atoms. The van der Waals surface area contributed by atoms with Gasteiger partial charge in [0.1, 0.15) is 17.0 Å². The molecule has 6 heteroatoms. The second-order valence-electron chi connectivity index (χ2n) is 4.32. The Hall–Kier alpha value is -0.850. The van der Waals surface area contributed by atoms with E-state index in [0.29, 0.717) is 0 Å². The molecule has 0 saturated heterocycles. The molecule has 0 amide bonds. The predicted octanol–water partition coefficient (Wildman–Crippen LogP) is 2.78. The molecule has 104 valence electrons. The van der Waals surface area contributed by atoms with Crippen LogP contribution in [0.1, 0.15) is 18.2 Å². The normalized spacial score (nSPS) is 12.8. The van der Waals surface area contributed by atoms with Gasteiger partial charge in [-0.3, -0.25) is 0 Å². The molecule has 0 aliphatic heterocycles. The van der Waals surface area contributed by atoms with Crippen LogP contribution in [0.3, 0.4) is 0 Å². The van der Waals surface area contributed by atoms with Crippen LogP contribution < -0.4 is 5.32 Å². The molecule has 2 aromatic rings. The molecule has 1 unspecified atom stereocenters. The smallest absolute Gasteiger partial charge is 0.138 e. The summed E-state index contributed by atoms with van der Waals surface area (Å²) in [5.41, 5.74) is 0. The number of aliphatic hydroxyl groups is 1. The molecule has 1 atom stereocenters. The Morgan fingerprint density at radius 3 is 3.00 bits per heavy atom. The summed E-state index contributed by atoms with van der Waals surface area (Å²) < 4.78 is 0. The number of anilines is 1. The number of thiophene rings is 1. The van der Waals surface area contributed by atoms with E-state index in [1.54, 1.807) is 29.4 Å². The summed E-state index contributed by atoms with van der Waals surface area (Å²) in [7, 11) is 0. The highest BCUT2D eigenvalue weighted by Gasteiger charge is 2.12. The third-order valence-electron chi connectivity index (χ3n) is 2.92. The Bertz CT molecular complexity index is 524. The number of thioether (sulfide) groups is 1. The number of nitrogens with zero attached hydrogens (tertiary/aromatic N) is 2. The summed E-state index contributed by atoms with van der Waals surface area (Å²) in [4.78, 5) is 11.0. The van der Waals surface area contributed by atoms with Crippen molar-refractivity contribution in [3.63, 3.8) is 0 Å². The Labute approximate surface area is 121 Å². The van der Waals surface area contributed by atoms with E-state index in [1.165, 1.54) is 4.88 Å². The van der Waals surface area contributed by atoms with Gasteiger partial charge < -0.3 is 10.4 Å². The Kier molecular flexibility index (Phi) is 5.42. The first-order valence-electron chi connectivity index (χ1n) is 6.38. The first-order chi connectivity index (χ1) is 9.28. The van der Waals surface area contributed by atoms with Gasteiger partial charge in [0, 0.05) is 23.3 Å². The summed E-state index contributed by atoms with van der Waals surface area (Å²) in [6.45, 7) is 2.34. The first-order valence-corrected chi connectivity index (χ1v) is 8.59. The molecule has 19 heavy (non-hydrogen) atoms. The number of nitrogens with one attached hydrogen (secondary N) is 1. The molecule has 2 heterocycles. The average Bonchev–Trinajstić information content (AvgIpc) is 2.83. The maximum Gasteiger partial charge on any atom is 0.138 e. The van der Waals surface area contributed by atoms with E-state index in [2.05, 4.69) is 34.5 Å². The fraction of sp³-hybridized carbons (Fsp3) is 0.538. The van der Waals surface area contributed by atoms with Gasteiger partial charge in [-0.2, -0.15) is 11.8 Å². The highest BCUT2D eigenvalue weighted by atomic mass is 32.2. The van der Waals surface area contributed by atoms with Crippen LogP contribution in [-0.2, 0) is 6.42 Å². The van der Waals surface area contributed by atoms with Gasteiger partial charge in [-0.15, -0.1) is 11.3 Å². The SMILES string of the molecule is CCc1cc2c(NC(CCO)CSC)ncnc2s1. The molecule has 0 fully saturated rings. The van der Waals surface area contributed by atoms with Crippen molar-refractivity contribution in [2.75, 3.05) is 23.9 Å². The predicted molar refractivity (Wildman–Crippen MR) is 84.3 cm³/mol. The number of aromatic nitrogens is 2. The van der Waals surface area contributed by atoms with Crippen LogP contribution >= 0.6 is 23.1 Å². The van der Waals surface area contributed by atoms with Crippen molar-refractivity contribution in [2.45, 2.75) is 25.8 Å². The van der Waals surface area contributed by atoms with Gasteiger partial charge in [-0.1, -0.05) is 6.92 Å². The standard InChI is InChI=1S/C13H19N3OS2/c1-3-10-6-11-12(14-8-15-13(11)19-10)16-9(4-5-17)7-18-2/h6,8-9,17H,3-5,7H2,1-2H3,(H,14,15,16). The van der Waals surface area contributed by atoms with Crippen molar-refractivity contribution in [1.29, 1.82) is 0 Å². The molecule has 0 saturated carbocycles. The molecule has 0 aromatic carbocycles. The van der Waals surface area contributed by atoms with Gasteiger partial charge in [0.05, 0.1) is 5.39 Å². The van der Waals surface area contributed by atoms with Gasteiger partial charge in [0.25, 0.3) is 0 Å². The number of aryl methyl sites for hydroxylation is 1. The summed E-state index contributed by atoms with van der Waals surface area (Å²) in [6.07, 6.45) is 5.43. The van der Waals surface area contributed by atoms with Crippen LogP contribution in [-0.4, -0.2) is 39.7 Å². The number of rotatable bonds is 7. The lowest BCUT2D eigenvalue weighted by atomic mass is 10.2. The first kappa shape index (κ1) is 14.6. The van der Waals surface area contributed by atoms with Crippen LogP contribution in [0.2, 0.25) is 0 Å². The topological polar surface area (TPSA) is 58.0 Å². The van der Waals surface area contributed by atoms with Crippen LogP contribution in [0, 0.1) is 0 Å². The quantitative estimate of drug-likeness (QED) is 0.823. The van der Waals surface area contributed by atoms with E-state index < -0.39 is 0 Å². The van der Waals surface area contributed by atoms with Crippen molar-refractivity contribution in [1.82, 2.24) is 9.97 Å². The molecule has 2 rings (SSSR count). The maximum absolute atomic E-state index is 9.12. The van der Waals surface area contributed by atoms with E-state index in [4.69, 9.17) is 5.11 Å². The number of fused-ring (bicyclic) bond motifs is 1. The highest BCUT2D eigenvalue weighted by molar-refractivity contribution is 7.98. The second kappa shape index (κ2) is 7.07. The Morgan fingerprint density at radius 2 is 2.32 bits per heavy atom. The zero-order valence-corrected chi connectivity index (χ0v) is 12.9. The minimum absolute atomic E-state index is 0.191. The van der Waals surface area contributed by atoms with Crippen molar-refractivity contribution >= 4 is 39.1 Å². The number of hydrogen-bond acceptors (Lipinski definition) is 6. The summed E-state index contributed by atoms with van der Waals surface area (Å²) in [6, 6.07) is 2.40. The molecule has 2 aromatic heterocycles. The fourth-order valence-corrected chi connectivity index (χ4v) is 3.53. The van der Waals surface area contributed by atoms with Gasteiger partial charge >= 0.3 is 0 Å². The molecule has 0 aliphatic carbocycles. The minimum Gasteiger partial charge on any atom is -0.396 e. The second-order valence-corrected chi connectivity index (χ2v) is 6.34. The summed E-state index contributed by atoms with van der Waals surface area (Å²) in [5, 5.41) is 13.6. The molecule has 0 radical (unpaired) electrons. The lowest BCUT2D eigenvalue weighted by Gasteiger charge is -2.17. The van der Waals surface area contributed by atoms with Crippen LogP contribution in [0.15, 0.2) is 12.4 Å². The molecule has 0 aliphatic rings. The van der Waals surface area contributed by atoms with E-state index in [9.17, 15) is 0 Å².